The lowest BCUT2D eigenvalue weighted by Crippen LogP contribution is -2.25. The number of amides is 1. The monoisotopic (exact) mass is 351 g/mol. The van der Waals surface area contributed by atoms with Crippen LogP contribution < -0.4 is 14.8 Å². The van der Waals surface area contributed by atoms with Crippen molar-refractivity contribution in [2.24, 2.45) is 0 Å². The molecule has 0 saturated heterocycles. The van der Waals surface area contributed by atoms with Crippen LogP contribution in [0.1, 0.15) is 21.7 Å². The predicted octanol–water partition coefficient (Wildman–Crippen LogP) is 3.13. The fourth-order valence-electron chi connectivity index (χ4n) is 2.77. The summed E-state index contributed by atoms with van der Waals surface area (Å²) in [4.78, 5) is 17.0. The molecule has 0 fully saturated rings. The maximum absolute atomic E-state index is 12.7. The molecule has 0 spiro atoms. The summed E-state index contributed by atoms with van der Waals surface area (Å²) in [6.45, 7) is 2.27. The number of methoxy groups -OCH3 is 2. The van der Waals surface area contributed by atoms with Gasteiger partial charge in [-0.3, -0.25) is 9.78 Å². The number of nitrogens with one attached hydrogen (secondary N) is 1. The summed E-state index contributed by atoms with van der Waals surface area (Å²) in [7, 11) is 3.20. The Bertz CT molecular complexity index is 918. The fraction of sp³-hybridized carbons (Fsp3) is 0.200. The highest BCUT2D eigenvalue weighted by Crippen LogP contribution is 2.24. The van der Waals surface area contributed by atoms with Gasteiger partial charge in [-0.2, -0.15) is 0 Å². The van der Waals surface area contributed by atoms with Crippen LogP contribution in [0, 0.1) is 6.92 Å². The molecule has 0 radical (unpaired) electrons. The van der Waals surface area contributed by atoms with Gasteiger partial charge in [0, 0.05) is 30.6 Å². The Morgan fingerprint density at radius 1 is 1.15 bits per heavy atom. The van der Waals surface area contributed by atoms with E-state index in [9.17, 15) is 4.79 Å². The van der Waals surface area contributed by atoms with Gasteiger partial charge in [-0.05, 0) is 43.3 Å². The van der Waals surface area contributed by atoms with Crippen molar-refractivity contribution in [2.45, 2.75) is 13.5 Å². The first-order valence-corrected chi connectivity index (χ1v) is 8.22. The summed E-state index contributed by atoms with van der Waals surface area (Å²) < 4.78 is 12.4. The van der Waals surface area contributed by atoms with E-state index in [1.807, 2.05) is 48.0 Å². The third-order valence-corrected chi connectivity index (χ3v) is 4.15. The van der Waals surface area contributed by atoms with Crippen molar-refractivity contribution in [3.8, 4) is 17.2 Å². The van der Waals surface area contributed by atoms with E-state index in [1.54, 1.807) is 32.5 Å². The number of carbonyl (C=O) groups is 1. The van der Waals surface area contributed by atoms with E-state index in [0.29, 0.717) is 23.7 Å². The molecule has 1 N–H and O–H groups in total. The van der Waals surface area contributed by atoms with E-state index in [2.05, 4.69) is 10.3 Å². The zero-order valence-electron chi connectivity index (χ0n) is 15.0. The molecule has 134 valence electrons. The third kappa shape index (κ3) is 3.54. The molecular formula is C20H21N3O3. The minimum atomic E-state index is -0.170. The number of nitrogens with zero attached hydrogens (tertiary/aromatic N) is 2. The molecule has 3 aromatic rings. The number of benzene rings is 1. The van der Waals surface area contributed by atoms with Gasteiger partial charge in [0.15, 0.2) is 0 Å². The average Bonchev–Trinajstić information content (AvgIpc) is 3.16. The molecule has 0 atom stereocenters. The molecule has 2 aromatic heterocycles. The SMILES string of the molecule is COc1ccc(CNC(=O)c2cccn2-c2cccnc2C)c(OC)c1. The van der Waals surface area contributed by atoms with Crippen molar-refractivity contribution < 1.29 is 14.3 Å². The zero-order chi connectivity index (χ0) is 18.5. The number of hydrogen-bond donors (Lipinski definition) is 1. The Hall–Kier alpha value is -3.28. The smallest absolute Gasteiger partial charge is 0.268 e. The lowest BCUT2D eigenvalue weighted by molar-refractivity contribution is 0.0944. The Labute approximate surface area is 152 Å². The third-order valence-electron chi connectivity index (χ3n) is 4.15. The molecule has 0 aliphatic carbocycles. The highest BCUT2D eigenvalue weighted by atomic mass is 16.5. The van der Waals surface area contributed by atoms with Gasteiger partial charge >= 0.3 is 0 Å². The van der Waals surface area contributed by atoms with Gasteiger partial charge < -0.3 is 19.4 Å². The number of pyridine rings is 1. The second-order valence-corrected chi connectivity index (χ2v) is 5.73. The normalized spacial score (nSPS) is 10.4. The van der Waals surface area contributed by atoms with E-state index in [-0.39, 0.29) is 5.91 Å². The molecule has 0 aliphatic heterocycles. The van der Waals surface area contributed by atoms with Crippen molar-refractivity contribution in [1.82, 2.24) is 14.9 Å². The average molecular weight is 351 g/mol. The van der Waals surface area contributed by atoms with E-state index >= 15 is 0 Å². The van der Waals surface area contributed by atoms with Crippen molar-refractivity contribution in [3.05, 3.63) is 71.8 Å². The number of aromatic nitrogens is 2. The standard InChI is InChI=1S/C20H21N3O3/c1-14-17(6-4-10-21-14)23-11-5-7-18(23)20(24)22-13-15-8-9-16(25-2)12-19(15)26-3/h4-12H,13H2,1-3H3,(H,22,24). The van der Waals surface area contributed by atoms with Crippen LogP contribution in [0.25, 0.3) is 5.69 Å². The van der Waals surface area contributed by atoms with E-state index < -0.39 is 0 Å². The maximum atomic E-state index is 12.7. The largest absolute Gasteiger partial charge is 0.497 e. The molecule has 2 heterocycles. The lowest BCUT2D eigenvalue weighted by Gasteiger charge is -2.13. The minimum Gasteiger partial charge on any atom is -0.497 e. The summed E-state index contributed by atoms with van der Waals surface area (Å²) in [6.07, 6.45) is 3.59. The lowest BCUT2D eigenvalue weighted by atomic mass is 10.2. The molecule has 1 amide bonds. The first-order valence-electron chi connectivity index (χ1n) is 8.22. The fourth-order valence-corrected chi connectivity index (χ4v) is 2.77. The molecule has 1 aromatic carbocycles. The number of aryl methyl sites for hydroxylation is 1. The second-order valence-electron chi connectivity index (χ2n) is 5.73. The molecule has 6 heteroatoms. The molecule has 0 saturated carbocycles. The van der Waals surface area contributed by atoms with Crippen LogP contribution in [0.4, 0.5) is 0 Å². The van der Waals surface area contributed by atoms with Crippen LogP contribution in [0.15, 0.2) is 54.9 Å². The van der Waals surface area contributed by atoms with Gasteiger partial charge in [-0.1, -0.05) is 0 Å². The molecule has 26 heavy (non-hydrogen) atoms. The van der Waals surface area contributed by atoms with Crippen molar-refractivity contribution in [3.63, 3.8) is 0 Å². The van der Waals surface area contributed by atoms with Crippen LogP contribution >= 0.6 is 0 Å². The maximum Gasteiger partial charge on any atom is 0.268 e. The van der Waals surface area contributed by atoms with Crippen LogP contribution in [-0.4, -0.2) is 29.7 Å². The summed E-state index contributed by atoms with van der Waals surface area (Å²) in [5.74, 6) is 1.21. The van der Waals surface area contributed by atoms with E-state index in [0.717, 1.165) is 16.9 Å². The van der Waals surface area contributed by atoms with Crippen molar-refractivity contribution in [2.75, 3.05) is 14.2 Å². The molecule has 6 nitrogen and oxygen atoms in total. The highest BCUT2D eigenvalue weighted by Gasteiger charge is 2.14. The molecule has 0 bridgehead atoms. The molecule has 3 rings (SSSR count). The van der Waals surface area contributed by atoms with Crippen LogP contribution in [0.3, 0.4) is 0 Å². The number of carbonyl (C=O) groups excluding carboxylic acids is 1. The van der Waals surface area contributed by atoms with E-state index in [1.165, 1.54) is 0 Å². The van der Waals surface area contributed by atoms with E-state index in [4.69, 9.17) is 9.47 Å². The van der Waals surface area contributed by atoms with Crippen molar-refractivity contribution >= 4 is 5.91 Å². The van der Waals surface area contributed by atoms with Crippen LogP contribution in [0.5, 0.6) is 11.5 Å². The van der Waals surface area contributed by atoms with Gasteiger partial charge in [0.2, 0.25) is 0 Å². The Morgan fingerprint density at radius 2 is 2.00 bits per heavy atom. The Balaban J connectivity index is 1.78. The first-order chi connectivity index (χ1) is 12.6. The summed E-state index contributed by atoms with van der Waals surface area (Å²) >= 11 is 0. The minimum absolute atomic E-state index is 0.170. The predicted molar refractivity (Wildman–Crippen MR) is 99.0 cm³/mol. The molecule has 0 aliphatic rings. The van der Waals surface area contributed by atoms with Gasteiger partial charge in [-0.25, -0.2) is 0 Å². The second kappa shape index (κ2) is 7.74. The highest BCUT2D eigenvalue weighted by molar-refractivity contribution is 5.93. The van der Waals surface area contributed by atoms with Gasteiger partial charge in [-0.15, -0.1) is 0 Å². The summed E-state index contributed by atoms with van der Waals surface area (Å²) in [5, 5.41) is 2.94. The summed E-state index contributed by atoms with van der Waals surface area (Å²) in [5.41, 5.74) is 3.16. The molecular weight excluding hydrogens is 330 g/mol. The first kappa shape index (κ1) is 17.5. The number of ether oxygens (including phenoxy) is 2. The van der Waals surface area contributed by atoms with Gasteiger partial charge in [0.1, 0.15) is 17.2 Å². The molecule has 0 unspecified atom stereocenters. The quantitative estimate of drug-likeness (QED) is 0.741. The van der Waals surface area contributed by atoms with Gasteiger partial charge in [0.25, 0.3) is 5.91 Å². The number of hydrogen-bond acceptors (Lipinski definition) is 4. The van der Waals surface area contributed by atoms with Crippen LogP contribution in [-0.2, 0) is 6.54 Å². The van der Waals surface area contributed by atoms with Crippen molar-refractivity contribution in [1.29, 1.82) is 0 Å². The topological polar surface area (TPSA) is 65.4 Å². The Kier molecular flexibility index (Phi) is 5.22. The Morgan fingerprint density at radius 3 is 2.73 bits per heavy atom. The summed E-state index contributed by atoms with van der Waals surface area (Å²) in [6, 6.07) is 12.9. The zero-order valence-corrected chi connectivity index (χ0v) is 15.0. The number of rotatable bonds is 6. The van der Waals surface area contributed by atoms with Crippen LogP contribution in [0.2, 0.25) is 0 Å². The van der Waals surface area contributed by atoms with Gasteiger partial charge in [0.05, 0.1) is 25.6 Å².